The molecule has 96 valence electrons. The Bertz CT molecular complexity index is 786. The normalized spacial score (nSPS) is 10.9. The summed E-state index contributed by atoms with van der Waals surface area (Å²) in [6.45, 7) is 0. The van der Waals surface area contributed by atoms with Crippen LogP contribution >= 0.6 is 11.3 Å². The standard InChI is InChI=1S/C11H9N5O2S/c12-8-7-10(16-11(13)15-8)19-9(14-7)4-1-2-5(17)6(18)3-4/h1-3,17-18H,(H4,12,13,15,16). The molecule has 0 radical (unpaired) electrons. The molecule has 19 heavy (non-hydrogen) atoms. The van der Waals surface area contributed by atoms with Crippen molar-refractivity contribution in [1.82, 2.24) is 15.0 Å². The lowest BCUT2D eigenvalue weighted by atomic mass is 10.2. The molecule has 0 unspecified atom stereocenters. The molecule has 0 spiro atoms. The van der Waals surface area contributed by atoms with Crippen molar-refractivity contribution in [2.75, 3.05) is 11.5 Å². The third kappa shape index (κ3) is 1.87. The lowest BCUT2D eigenvalue weighted by Crippen LogP contribution is -1.99. The first-order chi connectivity index (χ1) is 9.04. The number of rotatable bonds is 1. The predicted octanol–water partition coefficient (Wildman–Crippen LogP) is 1.33. The number of hydrogen-bond acceptors (Lipinski definition) is 8. The van der Waals surface area contributed by atoms with Gasteiger partial charge in [0.05, 0.1) is 0 Å². The Kier molecular flexibility index (Phi) is 2.39. The summed E-state index contributed by atoms with van der Waals surface area (Å²) in [4.78, 5) is 12.8. The van der Waals surface area contributed by atoms with Gasteiger partial charge in [0.1, 0.15) is 10.5 Å². The molecule has 0 saturated heterocycles. The van der Waals surface area contributed by atoms with E-state index in [-0.39, 0.29) is 23.3 Å². The maximum atomic E-state index is 9.49. The predicted molar refractivity (Wildman–Crippen MR) is 72.8 cm³/mol. The number of phenolic OH excluding ortho intramolecular Hbond substituents is 2. The topological polar surface area (TPSA) is 131 Å². The number of nitrogens with two attached hydrogens (primary N) is 2. The molecule has 0 aliphatic rings. The minimum absolute atomic E-state index is 0.0914. The zero-order valence-corrected chi connectivity index (χ0v) is 10.3. The van der Waals surface area contributed by atoms with Gasteiger partial charge in [0.15, 0.2) is 22.1 Å². The first kappa shape index (κ1) is 11.5. The van der Waals surface area contributed by atoms with Gasteiger partial charge in [0, 0.05) is 5.56 Å². The number of phenols is 2. The zero-order chi connectivity index (χ0) is 13.6. The average Bonchev–Trinajstić information content (AvgIpc) is 2.76. The molecule has 0 aliphatic carbocycles. The molecule has 1 aromatic carbocycles. The Morgan fingerprint density at radius 3 is 2.53 bits per heavy atom. The molecule has 3 aromatic rings. The lowest BCUT2D eigenvalue weighted by Gasteiger charge is -1.99. The maximum absolute atomic E-state index is 9.49. The average molecular weight is 275 g/mol. The van der Waals surface area contributed by atoms with Gasteiger partial charge in [-0.3, -0.25) is 0 Å². The third-order valence-corrected chi connectivity index (χ3v) is 3.52. The van der Waals surface area contributed by atoms with Crippen LogP contribution in [0.4, 0.5) is 11.8 Å². The Labute approximate surface area is 111 Å². The fourth-order valence-corrected chi connectivity index (χ4v) is 2.59. The molecule has 8 heteroatoms. The van der Waals surface area contributed by atoms with E-state index in [0.717, 1.165) is 0 Å². The summed E-state index contributed by atoms with van der Waals surface area (Å²) < 4.78 is 0. The molecule has 0 fully saturated rings. The van der Waals surface area contributed by atoms with Gasteiger partial charge in [-0.05, 0) is 18.2 Å². The molecule has 2 heterocycles. The van der Waals surface area contributed by atoms with Gasteiger partial charge in [0.25, 0.3) is 0 Å². The molecule has 0 atom stereocenters. The summed E-state index contributed by atoms with van der Waals surface area (Å²) in [6, 6.07) is 4.44. The van der Waals surface area contributed by atoms with E-state index >= 15 is 0 Å². The summed E-state index contributed by atoms with van der Waals surface area (Å²) in [6.07, 6.45) is 0. The van der Waals surface area contributed by atoms with Crippen LogP contribution in [0, 0.1) is 0 Å². The molecule has 0 bridgehead atoms. The van der Waals surface area contributed by atoms with Crippen molar-refractivity contribution in [1.29, 1.82) is 0 Å². The molecule has 7 nitrogen and oxygen atoms in total. The molecular weight excluding hydrogens is 266 g/mol. The largest absolute Gasteiger partial charge is 0.504 e. The van der Waals surface area contributed by atoms with Crippen LogP contribution in [0.2, 0.25) is 0 Å². The van der Waals surface area contributed by atoms with E-state index in [4.69, 9.17) is 11.5 Å². The summed E-state index contributed by atoms with van der Waals surface area (Å²) in [7, 11) is 0. The minimum atomic E-state index is -0.213. The first-order valence-corrected chi connectivity index (χ1v) is 6.08. The highest BCUT2D eigenvalue weighted by atomic mass is 32.1. The van der Waals surface area contributed by atoms with Gasteiger partial charge in [-0.2, -0.15) is 4.98 Å². The van der Waals surface area contributed by atoms with E-state index in [0.29, 0.717) is 20.9 Å². The number of nitrogens with zero attached hydrogens (tertiary/aromatic N) is 3. The molecule has 0 saturated carbocycles. The van der Waals surface area contributed by atoms with Crippen LogP contribution < -0.4 is 11.5 Å². The van der Waals surface area contributed by atoms with Gasteiger partial charge in [0.2, 0.25) is 5.95 Å². The number of thiazole rings is 1. The second-order valence-electron chi connectivity index (χ2n) is 3.84. The molecular formula is C11H9N5O2S. The van der Waals surface area contributed by atoms with Gasteiger partial charge in [-0.25, -0.2) is 9.97 Å². The molecule has 2 aromatic heterocycles. The van der Waals surface area contributed by atoms with Crippen LogP contribution in [0.5, 0.6) is 11.5 Å². The van der Waals surface area contributed by atoms with Crippen molar-refractivity contribution in [3.8, 4) is 22.1 Å². The Morgan fingerprint density at radius 1 is 1.00 bits per heavy atom. The van der Waals surface area contributed by atoms with Crippen molar-refractivity contribution in [2.24, 2.45) is 0 Å². The van der Waals surface area contributed by atoms with Crippen LogP contribution in [-0.4, -0.2) is 25.2 Å². The van der Waals surface area contributed by atoms with Crippen LogP contribution in [0.15, 0.2) is 18.2 Å². The van der Waals surface area contributed by atoms with Crippen molar-refractivity contribution in [2.45, 2.75) is 0 Å². The van der Waals surface area contributed by atoms with Gasteiger partial charge >= 0.3 is 0 Å². The number of aromatic hydroxyl groups is 2. The molecule has 0 aliphatic heterocycles. The Morgan fingerprint density at radius 2 is 1.79 bits per heavy atom. The number of hydrogen-bond donors (Lipinski definition) is 4. The smallest absolute Gasteiger partial charge is 0.223 e. The van der Waals surface area contributed by atoms with Crippen LogP contribution in [0.1, 0.15) is 0 Å². The molecule has 0 amide bonds. The van der Waals surface area contributed by atoms with Crippen molar-refractivity contribution >= 4 is 33.5 Å². The van der Waals surface area contributed by atoms with E-state index in [1.165, 1.54) is 23.5 Å². The monoisotopic (exact) mass is 275 g/mol. The van der Waals surface area contributed by atoms with Gasteiger partial charge in [-0.1, -0.05) is 11.3 Å². The van der Waals surface area contributed by atoms with Crippen LogP contribution in [0.3, 0.4) is 0 Å². The van der Waals surface area contributed by atoms with E-state index < -0.39 is 0 Å². The minimum Gasteiger partial charge on any atom is -0.504 e. The quantitative estimate of drug-likeness (QED) is 0.492. The van der Waals surface area contributed by atoms with Crippen LogP contribution in [0.25, 0.3) is 20.9 Å². The fraction of sp³-hybridized carbons (Fsp3) is 0. The number of nitrogen functional groups attached to an aromatic ring is 2. The molecule has 6 N–H and O–H groups in total. The van der Waals surface area contributed by atoms with Crippen molar-refractivity contribution in [3.05, 3.63) is 18.2 Å². The number of aromatic nitrogens is 3. The van der Waals surface area contributed by atoms with Gasteiger partial charge in [-0.15, -0.1) is 0 Å². The summed E-state index contributed by atoms with van der Waals surface area (Å²) in [5, 5.41) is 19.4. The SMILES string of the molecule is Nc1nc(N)c2nc(-c3ccc(O)c(O)c3)sc2n1. The first-order valence-electron chi connectivity index (χ1n) is 5.26. The van der Waals surface area contributed by atoms with E-state index in [2.05, 4.69) is 15.0 Å². The van der Waals surface area contributed by atoms with E-state index in [9.17, 15) is 10.2 Å². The lowest BCUT2D eigenvalue weighted by molar-refractivity contribution is 0.404. The van der Waals surface area contributed by atoms with E-state index in [1.807, 2.05) is 0 Å². The van der Waals surface area contributed by atoms with Crippen molar-refractivity contribution < 1.29 is 10.2 Å². The number of benzene rings is 1. The Hall–Kier alpha value is -2.61. The Balaban J connectivity index is 2.20. The van der Waals surface area contributed by atoms with Crippen LogP contribution in [-0.2, 0) is 0 Å². The highest BCUT2D eigenvalue weighted by molar-refractivity contribution is 7.21. The maximum Gasteiger partial charge on any atom is 0.223 e. The molecule has 3 rings (SSSR count). The van der Waals surface area contributed by atoms with Gasteiger partial charge < -0.3 is 21.7 Å². The fourth-order valence-electron chi connectivity index (χ4n) is 1.64. The number of anilines is 2. The zero-order valence-electron chi connectivity index (χ0n) is 9.53. The van der Waals surface area contributed by atoms with Crippen molar-refractivity contribution in [3.63, 3.8) is 0 Å². The second-order valence-corrected chi connectivity index (χ2v) is 4.82. The highest BCUT2D eigenvalue weighted by Crippen LogP contribution is 2.35. The summed E-state index contributed by atoms with van der Waals surface area (Å²) in [5.74, 6) is -0.0921. The third-order valence-electron chi connectivity index (χ3n) is 2.53. The van der Waals surface area contributed by atoms with E-state index in [1.54, 1.807) is 6.07 Å². The second kappa shape index (κ2) is 3.95. The summed E-state index contributed by atoms with van der Waals surface area (Å²) >= 11 is 1.28. The summed E-state index contributed by atoms with van der Waals surface area (Å²) in [5.41, 5.74) is 12.4. The number of fused-ring (bicyclic) bond motifs is 1. The highest BCUT2D eigenvalue weighted by Gasteiger charge is 2.13.